The Morgan fingerprint density at radius 2 is 2.04 bits per heavy atom. The molecule has 1 aliphatic heterocycles. The monoisotopic (exact) mass is 372 g/mol. The second kappa shape index (κ2) is 8.19. The molecule has 0 N–H and O–H groups in total. The van der Waals surface area contributed by atoms with Crippen LogP contribution in [0.5, 0.6) is 5.88 Å². The molecule has 26 heavy (non-hydrogen) atoms. The van der Waals surface area contributed by atoms with Gasteiger partial charge in [-0.25, -0.2) is 15.0 Å². The number of hydrogen-bond acceptors (Lipinski definition) is 7. The molecule has 3 heterocycles. The number of pyridine rings is 1. The van der Waals surface area contributed by atoms with Crippen LogP contribution in [0.15, 0.2) is 24.7 Å². The van der Waals surface area contributed by atoms with Crippen LogP contribution in [0.1, 0.15) is 18.4 Å². The van der Waals surface area contributed by atoms with E-state index in [4.69, 9.17) is 21.6 Å². The normalized spacial score (nSPS) is 14.8. The Kier molecular flexibility index (Phi) is 5.74. The summed E-state index contributed by atoms with van der Waals surface area (Å²) < 4.78 is 5.29. The second-order valence-corrected chi connectivity index (χ2v) is 6.75. The van der Waals surface area contributed by atoms with E-state index in [0.717, 1.165) is 44.1 Å². The number of methoxy groups -OCH3 is 1. The van der Waals surface area contributed by atoms with Crippen molar-refractivity contribution in [2.45, 2.75) is 12.8 Å². The van der Waals surface area contributed by atoms with Crippen LogP contribution in [0, 0.1) is 17.2 Å². The Bertz CT molecular complexity index is 801. The average Bonchev–Trinajstić information content (AvgIpc) is 2.68. The number of piperidine rings is 1. The number of anilines is 2. The SMILES string of the molecule is COc1nccnc1N(C)CC1CCN(c2ncc(C#N)cc2Cl)CC1. The third kappa shape index (κ3) is 3.97. The zero-order valence-electron chi connectivity index (χ0n) is 14.9. The van der Waals surface area contributed by atoms with Gasteiger partial charge in [-0.3, -0.25) is 0 Å². The van der Waals surface area contributed by atoms with Gasteiger partial charge < -0.3 is 14.5 Å². The van der Waals surface area contributed by atoms with Crippen LogP contribution in [-0.2, 0) is 0 Å². The summed E-state index contributed by atoms with van der Waals surface area (Å²) in [5.41, 5.74) is 0.480. The van der Waals surface area contributed by atoms with Crippen LogP contribution < -0.4 is 14.5 Å². The number of ether oxygens (including phenoxy) is 1. The van der Waals surface area contributed by atoms with Crippen LogP contribution in [0.25, 0.3) is 0 Å². The minimum Gasteiger partial charge on any atom is -0.478 e. The highest BCUT2D eigenvalue weighted by Crippen LogP contribution is 2.29. The average molecular weight is 373 g/mol. The predicted molar refractivity (Wildman–Crippen MR) is 101 cm³/mol. The standard InChI is InChI=1S/C18H21ClN6O/c1-24(17-18(26-2)22-6-5-21-17)12-13-3-7-25(8-4-13)16-15(19)9-14(10-20)11-23-16/h5-6,9,11,13H,3-4,7-8,12H2,1-2H3. The maximum absolute atomic E-state index is 8.93. The third-order valence-corrected chi connectivity index (χ3v) is 4.88. The highest BCUT2D eigenvalue weighted by atomic mass is 35.5. The molecule has 1 aliphatic rings. The first-order valence-corrected chi connectivity index (χ1v) is 8.87. The Morgan fingerprint density at radius 1 is 1.31 bits per heavy atom. The molecule has 0 bridgehead atoms. The molecular weight excluding hydrogens is 352 g/mol. The van der Waals surface area contributed by atoms with E-state index in [0.29, 0.717) is 22.4 Å². The minimum atomic E-state index is 0.480. The summed E-state index contributed by atoms with van der Waals surface area (Å²) in [7, 11) is 3.62. The van der Waals surface area contributed by atoms with E-state index in [1.165, 1.54) is 0 Å². The molecule has 0 atom stereocenters. The molecule has 7 nitrogen and oxygen atoms in total. The molecule has 8 heteroatoms. The maximum atomic E-state index is 8.93. The van der Waals surface area contributed by atoms with Crippen molar-refractivity contribution in [2.24, 2.45) is 5.92 Å². The molecular formula is C18H21ClN6O. The van der Waals surface area contributed by atoms with Gasteiger partial charge in [0.1, 0.15) is 11.9 Å². The van der Waals surface area contributed by atoms with Crippen LogP contribution in [0.3, 0.4) is 0 Å². The van der Waals surface area contributed by atoms with Crippen molar-refractivity contribution in [1.82, 2.24) is 15.0 Å². The van der Waals surface area contributed by atoms with Crippen molar-refractivity contribution >= 4 is 23.2 Å². The van der Waals surface area contributed by atoms with Crippen molar-refractivity contribution < 1.29 is 4.74 Å². The summed E-state index contributed by atoms with van der Waals surface area (Å²) >= 11 is 6.28. The summed E-state index contributed by atoms with van der Waals surface area (Å²) in [6.07, 6.45) is 6.94. The zero-order chi connectivity index (χ0) is 18.5. The van der Waals surface area contributed by atoms with Crippen molar-refractivity contribution in [1.29, 1.82) is 5.26 Å². The molecule has 0 aromatic carbocycles. The quantitative estimate of drug-likeness (QED) is 0.798. The summed E-state index contributed by atoms with van der Waals surface area (Å²) in [6, 6.07) is 3.73. The number of rotatable bonds is 5. The van der Waals surface area contributed by atoms with Gasteiger partial charge in [-0.05, 0) is 24.8 Å². The molecule has 0 amide bonds. The summed E-state index contributed by atoms with van der Waals surface area (Å²) in [6.45, 7) is 2.65. The van der Waals surface area contributed by atoms with Gasteiger partial charge in [-0.1, -0.05) is 11.6 Å². The molecule has 1 fully saturated rings. The fraction of sp³-hybridized carbons (Fsp3) is 0.444. The number of aromatic nitrogens is 3. The minimum absolute atomic E-state index is 0.480. The first-order valence-electron chi connectivity index (χ1n) is 8.49. The van der Waals surface area contributed by atoms with Gasteiger partial charge >= 0.3 is 0 Å². The summed E-state index contributed by atoms with van der Waals surface area (Å²) in [4.78, 5) is 17.2. The highest BCUT2D eigenvalue weighted by Gasteiger charge is 2.24. The van der Waals surface area contributed by atoms with Crippen molar-refractivity contribution in [3.8, 4) is 11.9 Å². The van der Waals surface area contributed by atoms with Gasteiger partial charge in [-0.15, -0.1) is 0 Å². The molecule has 0 spiro atoms. The zero-order valence-corrected chi connectivity index (χ0v) is 15.6. The van der Waals surface area contributed by atoms with Crippen LogP contribution in [0.4, 0.5) is 11.6 Å². The van der Waals surface area contributed by atoms with Gasteiger partial charge in [-0.2, -0.15) is 5.26 Å². The van der Waals surface area contributed by atoms with E-state index >= 15 is 0 Å². The molecule has 0 radical (unpaired) electrons. The smallest absolute Gasteiger partial charge is 0.257 e. The van der Waals surface area contributed by atoms with Crippen LogP contribution in [-0.4, -0.2) is 48.7 Å². The number of nitrogens with zero attached hydrogens (tertiary/aromatic N) is 6. The van der Waals surface area contributed by atoms with Gasteiger partial charge in [0, 0.05) is 45.3 Å². The van der Waals surface area contributed by atoms with Crippen molar-refractivity contribution in [2.75, 3.05) is 43.6 Å². The van der Waals surface area contributed by atoms with E-state index in [-0.39, 0.29) is 0 Å². The van der Waals surface area contributed by atoms with E-state index in [1.807, 2.05) is 7.05 Å². The Hall–Kier alpha value is -2.59. The van der Waals surface area contributed by atoms with Gasteiger partial charge in [0.15, 0.2) is 5.82 Å². The second-order valence-electron chi connectivity index (χ2n) is 6.34. The van der Waals surface area contributed by atoms with Crippen molar-refractivity contribution in [3.63, 3.8) is 0 Å². The molecule has 0 saturated carbocycles. The number of nitriles is 1. The van der Waals surface area contributed by atoms with E-state index < -0.39 is 0 Å². The Balaban J connectivity index is 1.59. The van der Waals surface area contributed by atoms with E-state index in [1.54, 1.807) is 31.8 Å². The van der Waals surface area contributed by atoms with Gasteiger partial charge in [0.25, 0.3) is 5.88 Å². The summed E-state index contributed by atoms with van der Waals surface area (Å²) in [5.74, 6) is 2.60. The van der Waals surface area contributed by atoms with Gasteiger partial charge in [0.05, 0.1) is 17.7 Å². The third-order valence-electron chi connectivity index (χ3n) is 4.60. The Labute approximate surface area is 158 Å². The topological polar surface area (TPSA) is 78.2 Å². The largest absolute Gasteiger partial charge is 0.478 e. The lowest BCUT2D eigenvalue weighted by atomic mass is 9.96. The lowest BCUT2D eigenvalue weighted by molar-refractivity contribution is 0.386. The molecule has 0 aliphatic carbocycles. The fourth-order valence-electron chi connectivity index (χ4n) is 3.25. The number of halogens is 1. The fourth-order valence-corrected chi connectivity index (χ4v) is 3.54. The Morgan fingerprint density at radius 3 is 2.69 bits per heavy atom. The molecule has 136 valence electrons. The molecule has 1 saturated heterocycles. The number of hydrogen-bond donors (Lipinski definition) is 0. The first kappa shape index (κ1) is 18.2. The lowest BCUT2D eigenvalue weighted by Crippen LogP contribution is -2.38. The summed E-state index contributed by atoms with van der Waals surface area (Å²) in [5, 5.41) is 9.46. The highest BCUT2D eigenvalue weighted by molar-refractivity contribution is 6.33. The molecule has 2 aromatic heterocycles. The van der Waals surface area contributed by atoms with Gasteiger partial charge in [0.2, 0.25) is 0 Å². The van der Waals surface area contributed by atoms with E-state index in [9.17, 15) is 0 Å². The maximum Gasteiger partial charge on any atom is 0.257 e. The predicted octanol–water partition coefficient (Wildman–Crippen LogP) is 2.76. The van der Waals surface area contributed by atoms with Crippen LogP contribution in [0.2, 0.25) is 5.02 Å². The molecule has 2 aromatic rings. The lowest BCUT2D eigenvalue weighted by Gasteiger charge is -2.35. The first-order chi connectivity index (χ1) is 12.6. The van der Waals surface area contributed by atoms with E-state index in [2.05, 4.69) is 30.8 Å². The molecule has 0 unspecified atom stereocenters. The van der Waals surface area contributed by atoms with Crippen LogP contribution >= 0.6 is 11.6 Å². The van der Waals surface area contributed by atoms with Crippen molar-refractivity contribution in [3.05, 3.63) is 35.2 Å². The molecule has 3 rings (SSSR count).